The Morgan fingerprint density at radius 2 is 1.91 bits per heavy atom. The Labute approximate surface area is 144 Å². The maximum atomic E-state index is 12.7. The van der Waals surface area contributed by atoms with E-state index in [2.05, 4.69) is 10.4 Å². The molecule has 0 radical (unpaired) electrons. The first-order valence-corrected chi connectivity index (χ1v) is 7.28. The van der Waals surface area contributed by atoms with Gasteiger partial charge in [0.15, 0.2) is 5.69 Å². The number of rotatable bonds is 3. The molecule has 1 aromatic heterocycles. The second kappa shape index (κ2) is 6.59. The summed E-state index contributed by atoms with van der Waals surface area (Å²) in [7, 11) is 0. The van der Waals surface area contributed by atoms with Crippen molar-refractivity contribution < 1.29 is 18.0 Å². The summed E-state index contributed by atoms with van der Waals surface area (Å²) in [5.41, 5.74) is -0.821. The lowest BCUT2D eigenvalue weighted by Gasteiger charge is -2.07. The molecule has 4 nitrogen and oxygen atoms in total. The number of anilines is 1. The van der Waals surface area contributed by atoms with E-state index in [1.165, 1.54) is 25.1 Å². The third-order valence-electron chi connectivity index (χ3n) is 2.90. The third kappa shape index (κ3) is 4.10. The first-order valence-electron chi connectivity index (χ1n) is 6.14. The summed E-state index contributed by atoms with van der Waals surface area (Å²) in [6.45, 7) is 0.916. The number of nitrogens with zero attached hydrogens (tertiary/aromatic N) is 2. The van der Waals surface area contributed by atoms with Gasteiger partial charge in [-0.3, -0.25) is 9.48 Å². The molecular formula is C13H9Cl3F3N3O. The molecule has 0 aliphatic rings. The Morgan fingerprint density at radius 3 is 2.43 bits per heavy atom. The molecule has 0 bridgehead atoms. The van der Waals surface area contributed by atoms with E-state index < -0.39 is 29.3 Å². The standard InChI is InChI=1S/C13H9Cl3F3N3O/c1-6-11(16)12(13(17,18)19)21-22(6)5-10(23)20-7-2-3-8(14)9(15)4-7/h2-4H,5H2,1H3,(H,20,23). The summed E-state index contributed by atoms with van der Waals surface area (Å²) < 4.78 is 39.0. The van der Waals surface area contributed by atoms with Gasteiger partial charge < -0.3 is 5.32 Å². The van der Waals surface area contributed by atoms with E-state index in [1.54, 1.807) is 0 Å². The first kappa shape index (κ1) is 17.9. The summed E-state index contributed by atoms with van der Waals surface area (Å²) in [6, 6.07) is 4.42. The smallest absolute Gasteiger partial charge is 0.324 e. The molecule has 1 N–H and O–H groups in total. The Balaban J connectivity index is 2.16. The van der Waals surface area contributed by atoms with Crippen molar-refractivity contribution in [2.45, 2.75) is 19.6 Å². The largest absolute Gasteiger partial charge is 0.436 e. The Kier molecular flexibility index (Phi) is 5.13. The first-order chi connectivity index (χ1) is 10.6. The highest BCUT2D eigenvalue weighted by molar-refractivity contribution is 6.42. The van der Waals surface area contributed by atoms with E-state index in [-0.39, 0.29) is 10.7 Å². The number of alkyl halides is 3. The van der Waals surface area contributed by atoms with Crippen molar-refractivity contribution in [2.24, 2.45) is 0 Å². The minimum absolute atomic E-state index is 0.0447. The van der Waals surface area contributed by atoms with Crippen LogP contribution in [-0.4, -0.2) is 15.7 Å². The van der Waals surface area contributed by atoms with Crippen LogP contribution in [-0.2, 0) is 17.5 Å². The number of benzene rings is 1. The number of hydrogen-bond donors (Lipinski definition) is 1. The van der Waals surface area contributed by atoms with Crippen LogP contribution in [0.15, 0.2) is 18.2 Å². The van der Waals surface area contributed by atoms with Crippen LogP contribution in [0.5, 0.6) is 0 Å². The SMILES string of the molecule is Cc1c(Cl)c(C(F)(F)F)nn1CC(=O)Nc1ccc(Cl)c(Cl)c1. The van der Waals surface area contributed by atoms with Crippen molar-refractivity contribution in [1.29, 1.82) is 0 Å². The Morgan fingerprint density at radius 1 is 1.26 bits per heavy atom. The van der Waals surface area contributed by atoms with Crippen LogP contribution in [0.4, 0.5) is 18.9 Å². The van der Waals surface area contributed by atoms with Crippen LogP contribution < -0.4 is 5.32 Å². The molecule has 10 heteroatoms. The molecule has 1 amide bonds. The van der Waals surface area contributed by atoms with Gasteiger partial charge in [-0.25, -0.2) is 0 Å². The van der Waals surface area contributed by atoms with E-state index in [1.807, 2.05) is 0 Å². The lowest BCUT2D eigenvalue weighted by molar-refractivity contribution is -0.141. The minimum atomic E-state index is -4.69. The lowest BCUT2D eigenvalue weighted by Crippen LogP contribution is -2.20. The number of nitrogens with one attached hydrogen (secondary N) is 1. The molecule has 2 rings (SSSR count). The molecule has 0 fully saturated rings. The van der Waals surface area contributed by atoms with Crippen LogP contribution in [0.2, 0.25) is 15.1 Å². The van der Waals surface area contributed by atoms with Crippen LogP contribution in [0.25, 0.3) is 0 Å². The fourth-order valence-electron chi connectivity index (χ4n) is 1.77. The van der Waals surface area contributed by atoms with Gasteiger partial charge in [0, 0.05) is 5.69 Å². The third-order valence-corrected chi connectivity index (χ3v) is 4.09. The van der Waals surface area contributed by atoms with Crippen molar-refractivity contribution in [3.63, 3.8) is 0 Å². The summed E-state index contributed by atoms with van der Waals surface area (Å²) in [5, 5.41) is 5.86. The molecule has 0 saturated heterocycles. The van der Waals surface area contributed by atoms with E-state index in [0.717, 1.165) is 4.68 Å². The summed E-state index contributed by atoms with van der Waals surface area (Å²) >= 11 is 17.2. The molecule has 0 aliphatic heterocycles. The highest BCUT2D eigenvalue weighted by Gasteiger charge is 2.38. The average molecular weight is 387 g/mol. The van der Waals surface area contributed by atoms with Gasteiger partial charge in [0.2, 0.25) is 5.91 Å². The molecular weight excluding hydrogens is 378 g/mol. The highest BCUT2D eigenvalue weighted by atomic mass is 35.5. The Hall–Kier alpha value is -1.44. The average Bonchev–Trinajstić information content (AvgIpc) is 2.71. The zero-order valence-electron chi connectivity index (χ0n) is 11.5. The van der Waals surface area contributed by atoms with Crippen molar-refractivity contribution >= 4 is 46.4 Å². The molecule has 23 heavy (non-hydrogen) atoms. The minimum Gasteiger partial charge on any atom is -0.324 e. The number of halogens is 6. The molecule has 0 saturated carbocycles. The van der Waals surface area contributed by atoms with Crippen LogP contribution >= 0.6 is 34.8 Å². The van der Waals surface area contributed by atoms with Gasteiger partial charge in [0.05, 0.1) is 20.8 Å². The van der Waals surface area contributed by atoms with E-state index in [4.69, 9.17) is 34.8 Å². The normalized spacial score (nSPS) is 11.6. The van der Waals surface area contributed by atoms with Crippen molar-refractivity contribution in [3.05, 3.63) is 44.7 Å². The quantitative estimate of drug-likeness (QED) is 0.823. The van der Waals surface area contributed by atoms with Crippen LogP contribution in [0.1, 0.15) is 11.4 Å². The van der Waals surface area contributed by atoms with Crippen LogP contribution in [0, 0.1) is 6.92 Å². The maximum Gasteiger partial charge on any atom is 0.436 e. The molecule has 0 aliphatic carbocycles. The number of carbonyl (C=O) groups excluding carboxylic acids is 1. The van der Waals surface area contributed by atoms with Gasteiger partial charge in [-0.2, -0.15) is 18.3 Å². The molecule has 0 atom stereocenters. The van der Waals surface area contributed by atoms with Gasteiger partial charge in [-0.1, -0.05) is 34.8 Å². The maximum absolute atomic E-state index is 12.7. The molecule has 0 spiro atoms. The molecule has 124 valence electrons. The molecule has 1 heterocycles. The van der Waals surface area contributed by atoms with Gasteiger partial charge in [-0.15, -0.1) is 0 Å². The van der Waals surface area contributed by atoms with Gasteiger partial charge in [-0.05, 0) is 25.1 Å². The number of aromatic nitrogens is 2. The monoisotopic (exact) mass is 385 g/mol. The van der Waals surface area contributed by atoms with E-state index in [9.17, 15) is 18.0 Å². The van der Waals surface area contributed by atoms with Crippen molar-refractivity contribution in [3.8, 4) is 0 Å². The van der Waals surface area contributed by atoms with Crippen molar-refractivity contribution in [1.82, 2.24) is 9.78 Å². The lowest BCUT2D eigenvalue weighted by atomic mass is 10.3. The fourth-order valence-corrected chi connectivity index (χ4v) is 2.31. The van der Waals surface area contributed by atoms with Crippen LogP contribution in [0.3, 0.4) is 0 Å². The molecule has 0 unspecified atom stereocenters. The summed E-state index contributed by atoms with van der Waals surface area (Å²) in [6.07, 6.45) is -4.69. The zero-order valence-corrected chi connectivity index (χ0v) is 13.8. The summed E-state index contributed by atoms with van der Waals surface area (Å²) in [4.78, 5) is 11.9. The van der Waals surface area contributed by atoms with Gasteiger partial charge in [0.1, 0.15) is 6.54 Å². The zero-order chi connectivity index (χ0) is 17.4. The molecule has 1 aromatic carbocycles. The van der Waals surface area contributed by atoms with Gasteiger partial charge >= 0.3 is 6.18 Å². The highest BCUT2D eigenvalue weighted by Crippen LogP contribution is 2.35. The number of amides is 1. The second-order valence-electron chi connectivity index (χ2n) is 4.58. The topological polar surface area (TPSA) is 46.9 Å². The van der Waals surface area contributed by atoms with Crippen molar-refractivity contribution in [2.75, 3.05) is 5.32 Å². The summed E-state index contributed by atoms with van der Waals surface area (Å²) in [5.74, 6) is -0.584. The number of carbonyl (C=O) groups is 1. The second-order valence-corrected chi connectivity index (χ2v) is 5.77. The molecule has 2 aromatic rings. The fraction of sp³-hybridized carbons (Fsp3) is 0.231. The van der Waals surface area contributed by atoms with E-state index >= 15 is 0 Å². The predicted octanol–water partition coefficient (Wildman–Crippen LogP) is 4.81. The number of hydrogen-bond acceptors (Lipinski definition) is 2. The Bertz CT molecular complexity index is 759. The van der Waals surface area contributed by atoms with E-state index in [0.29, 0.717) is 10.7 Å². The van der Waals surface area contributed by atoms with Gasteiger partial charge in [0.25, 0.3) is 0 Å². The predicted molar refractivity (Wildman–Crippen MR) is 82.1 cm³/mol.